The molecule has 2 aliphatic rings. The molecule has 0 spiro atoms. The lowest BCUT2D eigenvalue weighted by molar-refractivity contribution is -0.133. The second-order valence-corrected chi connectivity index (χ2v) is 8.29. The lowest BCUT2D eigenvalue weighted by atomic mass is 9.92. The molecule has 5 nitrogen and oxygen atoms in total. The Balaban J connectivity index is 1.29. The number of nitrogens with zero attached hydrogens (tertiary/aromatic N) is 4. The number of hydrogen-bond acceptors (Lipinski definition) is 5. The van der Waals surface area contributed by atoms with Crippen LogP contribution in [-0.2, 0) is 24.2 Å². The number of carbonyl (C=O) groups excluding carboxylic acids is 1. The molecule has 1 fully saturated rings. The van der Waals surface area contributed by atoms with Crippen molar-refractivity contribution in [3.8, 4) is 0 Å². The molecule has 1 amide bonds. The van der Waals surface area contributed by atoms with Gasteiger partial charge in [0, 0.05) is 49.2 Å². The molecule has 6 heteroatoms. The number of thiophene rings is 1. The Bertz CT molecular complexity index is 767. The molecule has 2 aliphatic heterocycles. The fourth-order valence-electron chi connectivity index (χ4n) is 3.96. The van der Waals surface area contributed by atoms with Gasteiger partial charge >= 0.3 is 0 Å². The van der Waals surface area contributed by atoms with Crippen molar-refractivity contribution in [3.63, 3.8) is 0 Å². The zero-order chi connectivity index (χ0) is 17.9. The molecule has 4 rings (SSSR count). The van der Waals surface area contributed by atoms with Gasteiger partial charge in [-0.25, -0.2) is 9.97 Å². The third-order valence-electron chi connectivity index (χ3n) is 5.63. The molecular weight excluding hydrogens is 344 g/mol. The monoisotopic (exact) mass is 370 g/mol. The van der Waals surface area contributed by atoms with E-state index in [1.165, 1.54) is 10.4 Å². The highest BCUT2D eigenvalue weighted by atomic mass is 32.1. The standard InChI is InChI=1S/C20H26N4OS/c1-2-17-12-19(22-14-21-17)23-7-3-15(4-8-23)11-20(25)24-9-5-18-16(13-24)6-10-26-18/h6,10,12,14-15H,2-5,7-9,11,13H2,1H3. The second kappa shape index (κ2) is 7.74. The van der Waals surface area contributed by atoms with E-state index in [0.717, 1.165) is 63.4 Å². The summed E-state index contributed by atoms with van der Waals surface area (Å²) in [5, 5.41) is 2.14. The number of hydrogen-bond donors (Lipinski definition) is 0. The maximum absolute atomic E-state index is 12.7. The molecular formula is C20H26N4OS. The van der Waals surface area contributed by atoms with Gasteiger partial charge in [-0.15, -0.1) is 11.3 Å². The number of anilines is 1. The highest BCUT2D eigenvalue weighted by Gasteiger charge is 2.26. The first-order valence-corrected chi connectivity index (χ1v) is 10.5. The highest BCUT2D eigenvalue weighted by molar-refractivity contribution is 7.10. The lowest BCUT2D eigenvalue weighted by Crippen LogP contribution is -2.39. The largest absolute Gasteiger partial charge is 0.356 e. The van der Waals surface area contributed by atoms with Crippen molar-refractivity contribution in [2.24, 2.45) is 5.92 Å². The number of aryl methyl sites for hydroxylation is 1. The Hall–Kier alpha value is -1.95. The molecule has 0 aliphatic carbocycles. The Labute approximate surface area is 159 Å². The van der Waals surface area contributed by atoms with Gasteiger partial charge in [0.25, 0.3) is 0 Å². The molecule has 2 aromatic heterocycles. The van der Waals surface area contributed by atoms with Crippen molar-refractivity contribution in [3.05, 3.63) is 40.0 Å². The Morgan fingerprint density at radius 2 is 2.12 bits per heavy atom. The van der Waals surface area contributed by atoms with Gasteiger partial charge in [-0.2, -0.15) is 0 Å². The number of aromatic nitrogens is 2. The Morgan fingerprint density at radius 1 is 1.27 bits per heavy atom. The molecule has 138 valence electrons. The quantitative estimate of drug-likeness (QED) is 0.829. The van der Waals surface area contributed by atoms with E-state index in [1.54, 1.807) is 6.33 Å². The zero-order valence-electron chi connectivity index (χ0n) is 15.4. The summed E-state index contributed by atoms with van der Waals surface area (Å²) in [7, 11) is 0. The predicted octanol–water partition coefficient (Wildman–Crippen LogP) is 3.29. The van der Waals surface area contributed by atoms with Crippen molar-refractivity contribution in [1.29, 1.82) is 0 Å². The van der Waals surface area contributed by atoms with Crippen molar-refractivity contribution in [2.45, 2.75) is 45.6 Å². The van der Waals surface area contributed by atoms with Gasteiger partial charge in [-0.05, 0) is 48.6 Å². The summed E-state index contributed by atoms with van der Waals surface area (Å²) >= 11 is 1.82. The fourth-order valence-corrected chi connectivity index (χ4v) is 4.85. The number of fused-ring (bicyclic) bond motifs is 1. The number of carbonyl (C=O) groups is 1. The van der Waals surface area contributed by atoms with Gasteiger partial charge in [0.15, 0.2) is 0 Å². The van der Waals surface area contributed by atoms with Crippen LogP contribution in [0, 0.1) is 5.92 Å². The second-order valence-electron chi connectivity index (χ2n) is 7.29. The van der Waals surface area contributed by atoms with Crippen LogP contribution in [0.4, 0.5) is 5.82 Å². The smallest absolute Gasteiger partial charge is 0.223 e. The summed E-state index contributed by atoms with van der Waals surface area (Å²) < 4.78 is 0. The van der Waals surface area contributed by atoms with Crippen molar-refractivity contribution < 1.29 is 4.79 Å². The average Bonchev–Trinajstić information content (AvgIpc) is 3.16. The SMILES string of the molecule is CCc1cc(N2CCC(CC(=O)N3CCc4sccc4C3)CC2)ncn1. The molecule has 0 atom stereocenters. The highest BCUT2D eigenvalue weighted by Crippen LogP contribution is 2.28. The molecule has 4 heterocycles. The summed E-state index contributed by atoms with van der Waals surface area (Å²) in [4.78, 5) is 27.3. The molecule has 26 heavy (non-hydrogen) atoms. The molecule has 1 saturated heterocycles. The van der Waals surface area contributed by atoms with Gasteiger partial charge in [0.1, 0.15) is 12.1 Å². The first kappa shape index (κ1) is 17.5. The summed E-state index contributed by atoms with van der Waals surface area (Å²) in [6, 6.07) is 4.27. The van der Waals surface area contributed by atoms with Crippen LogP contribution >= 0.6 is 11.3 Å². The van der Waals surface area contributed by atoms with Crippen LogP contribution in [0.3, 0.4) is 0 Å². The molecule has 0 radical (unpaired) electrons. The first-order valence-electron chi connectivity index (χ1n) is 9.62. The minimum absolute atomic E-state index is 0.329. The average molecular weight is 371 g/mol. The van der Waals surface area contributed by atoms with E-state index < -0.39 is 0 Å². The van der Waals surface area contributed by atoms with Gasteiger partial charge in [-0.3, -0.25) is 4.79 Å². The Kier molecular flexibility index (Phi) is 5.20. The van der Waals surface area contributed by atoms with Crippen molar-refractivity contribution in [1.82, 2.24) is 14.9 Å². The summed E-state index contributed by atoms with van der Waals surface area (Å²) in [6.07, 6.45) is 6.44. The molecule has 0 aromatic carbocycles. The molecule has 0 N–H and O–H groups in total. The maximum atomic E-state index is 12.7. The van der Waals surface area contributed by atoms with E-state index >= 15 is 0 Å². The zero-order valence-corrected chi connectivity index (χ0v) is 16.2. The third-order valence-corrected chi connectivity index (χ3v) is 6.66. The third kappa shape index (κ3) is 3.75. The van der Waals surface area contributed by atoms with E-state index in [-0.39, 0.29) is 0 Å². The van der Waals surface area contributed by atoms with Crippen LogP contribution in [0.25, 0.3) is 0 Å². The van der Waals surface area contributed by atoms with E-state index in [1.807, 2.05) is 11.3 Å². The predicted molar refractivity (Wildman–Crippen MR) is 104 cm³/mol. The number of piperidine rings is 1. The van der Waals surface area contributed by atoms with Crippen LogP contribution in [0.15, 0.2) is 23.8 Å². The van der Waals surface area contributed by atoms with Crippen LogP contribution in [0.5, 0.6) is 0 Å². The first-order chi connectivity index (χ1) is 12.7. The van der Waals surface area contributed by atoms with Crippen LogP contribution < -0.4 is 4.90 Å². The summed E-state index contributed by atoms with van der Waals surface area (Å²) in [6.45, 7) is 5.76. The van der Waals surface area contributed by atoms with Crippen molar-refractivity contribution in [2.75, 3.05) is 24.5 Å². The minimum Gasteiger partial charge on any atom is -0.356 e. The maximum Gasteiger partial charge on any atom is 0.223 e. The molecule has 0 bridgehead atoms. The van der Waals surface area contributed by atoms with Gasteiger partial charge in [0.05, 0.1) is 0 Å². The van der Waals surface area contributed by atoms with E-state index in [0.29, 0.717) is 18.2 Å². The van der Waals surface area contributed by atoms with Crippen LogP contribution in [-0.4, -0.2) is 40.4 Å². The van der Waals surface area contributed by atoms with E-state index in [9.17, 15) is 4.79 Å². The summed E-state index contributed by atoms with van der Waals surface area (Å²) in [5.74, 6) is 1.85. The van der Waals surface area contributed by atoms with Gasteiger partial charge < -0.3 is 9.80 Å². The number of rotatable bonds is 4. The molecule has 0 saturated carbocycles. The Morgan fingerprint density at radius 3 is 2.92 bits per heavy atom. The minimum atomic E-state index is 0.329. The van der Waals surface area contributed by atoms with Crippen LogP contribution in [0.2, 0.25) is 0 Å². The van der Waals surface area contributed by atoms with Gasteiger partial charge in [0.2, 0.25) is 5.91 Å². The van der Waals surface area contributed by atoms with Crippen LogP contribution in [0.1, 0.15) is 42.3 Å². The van der Waals surface area contributed by atoms with Gasteiger partial charge in [-0.1, -0.05) is 6.92 Å². The number of amides is 1. The fraction of sp³-hybridized carbons (Fsp3) is 0.550. The molecule has 2 aromatic rings. The molecule has 0 unspecified atom stereocenters. The lowest BCUT2D eigenvalue weighted by Gasteiger charge is -2.34. The van der Waals surface area contributed by atoms with Crippen molar-refractivity contribution >= 4 is 23.1 Å². The van der Waals surface area contributed by atoms with E-state index in [2.05, 4.69) is 44.2 Å². The van der Waals surface area contributed by atoms with E-state index in [4.69, 9.17) is 0 Å². The summed E-state index contributed by atoms with van der Waals surface area (Å²) in [5.41, 5.74) is 2.44. The normalized spacial score (nSPS) is 18.0. The topological polar surface area (TPSA) is 49.3 Å².